The average molecular weight is 243 g/mol. The van der Waals surface area contributed by atoms with E-state index in [9.17, 15) is 0 Å². The second-order valence-corrected chi connectivity index (χ2v) is 4.22. The maximum absolute atomic E-state index is 5.59. The Bertz CT molecular complexity index is 542. The third-order valence-corrected chi connectivity index (χ3v) is 2.82. The number of aromatic nitrogens is 4. The lowest BCUT2D eigenvalue weighted by atomic mass is 10.1. The SMILES string of the molecule is Cc1nccc(-c2nc(C)c(CCN)c(C)n2)n1. The number of nitrogens with two attached hydrogens (primary N) is 1. The first kappa shape index (κ1) is 12.6. The number of nitrogens with zero attached hydrogens (tertiary/aromatic N) is 4. The Balaban J connectivity index is 2.48. The third kappa shape index (κ3) is 2.51. The molecular formula is C13H17N5. The third-order valence-electron chi connectivity index (χ3n) is 2.82. The molecule has 2 heterocycles. The van der Waals surface area contributed by atoms with Crippen molar-refractivity contribution in [3.8, 4) is 11.5 Å². The minimum absolute atomic E-state index is 0.608. The Morgan fingerprint density at radius 3 is 2.28 bits per heavy atom. The van der Waals surface area contributed by atoms with Crippen LogP contribution in [-0.2, 0) is 6.42 Å². The van der Waals surface area contributed by atoms with Crippen molar-refractivity contribution in [2.75, 3.05) is 6.54 Å². The average Bonchev–Trinajstić information content (AvgIpc) is 2.33. The Morgan fingerprint density at radius 2 is 1.72 bits per heavy atom. The van der Waals surface area contributed by atoms with Crippen molar-refractivity contribution in [2.45, 2.75) is 27.2 Å². The van der Waals surface area contributed by atoms with Crippen molar-refractivity contribution in [3.05, 3.63) is 35.0 Å². The van der Waals surface area contributed by atoms with Crippen LogP contribution in [0.3, 0.4) is 0 Å². The monoisotopic (exact) mass is 243 g/mol. The minimum Gasteiger partial charge on any atom is -0.330 e. The number of hydrogen-bond donors (Lipinski definition) is 1. The lowest BCUT2D eigenvalue weighted by Crippen LogP contribution is -2.09. The van der Waals surface area contributed by atoms with Gasteiger partial charge in [0.25, 0.3) is 0 Å². The van der Waals surface area contributed by atoms with Gasteiger partial charge in [-0.1, -0.05) is 0 Å². The van der Waals surface area contributed by atoms with Crippen molar-refractivity contribution in [1.82, 2.24) is 19.9 Å². The summed E-state index contributed by atoms with van der Waals surface area (Å²) in [5, 5.41) is 0. The second kappa shape index (κ2) is 5.18. The summed E-state index contributed by atoms with van der Waals surface area (Å²) in [6.45, 7) is 6.43. The van der Waals surface area contributed by atoms with Gasteiger partial charge in [-0.3, -0.25) is 0 Å². The summed E-state index contributed by atoms with van der Waals surface area (Å²) >= 11 is 0. The second-order valence-electron chi connectivity index (χ2n) is 4.22. The zero-order valence-corrected chi connectivity index (χ0v) is 10.9. The van der Waals surface area contributed by atoms with Crippen molar-refractivity contribution >= 4 is 0 Å². The molecule has 5 nitrogen and oxygen atoms in total. The van der Waals surface area contributed by atoms with Crippen LogP contribution in [0, 0.1) is 20.8 Å². The molecule has 0 radical (unpaired) electrons. The van der Waals surface area contributed by atoms with E-state index in [1.807, 2.05) is 26.8 Å². The molecule has 0 fully saturated rings. The number of hydrogen-bond acceptors (Lipinski definition) is 5. The molecule has 0 unspecified atom stereocenters. The molecule has 5 heteroatoms. The van der Waals surface area contributed by atoms with Crippen molar-refractivity contribution in [1.29, 1.82) is 0 Å². The van der Waals surface area contributed by atoms with Crippen LogP contribution in [-0.4, -0.2) is 26.5 Å². The Kier molecular flexibility index (Phi) is 3.62. The van der Waals surface area contributed by atoms with Gasteiger partial charge in [-0.2, -0.15) is 0 Å². The van der Waals surface area contributed by atoms with E-state index in [0.717, 1.165) is 34.9 Å². The van der Waals surface area contributed by atoms with E-state index in [-0.39, 0.29) is 0 Å². The van der Waals surface area contributed by atoms with Gasteiger partial charge in [0.1, 0.15) is 11.5 Å². The molecule has 18 heavy (non-hydrogen) atoms. The zero-order chi connectivity index (χ0) is 13.1. The fourth-order valence-electron chi connectivity index (χ4n) is 1.94. The molecule has 0 aliphatic carbocycles. The van der Waals surface area contributed by atoms with Crippen LogP contribution >= 0.6 is 0 Å². The van der Waals surface area contributed by atoms with Crippen LogP contribution in [0.1, 0.15) is 22.8 Å². The summed E-state index contributed by atoms with van der Waals surface area (Å²) in [4.78, 5) is 17.4. The smallest absolute Gasteiger partial charge is 0.178 e. The summed E-state index contributed by atoms with van der Waals surface area (Å²) in [6, 6.07) is 1.82. The van der Waals surface area contributed by atoms with Gasteiger partial charge in [0.15, 0.2) is 5.82 Å². The molecule has 0 aliphatic rings. The molecule has 0 atom stereocenters. The van der Waals surface area contributed by atoms with E-state index in [0.29, 0.717) is 12.4 Å². The summed E-state index contributed by atoms with van der Waals surface area (Å²) in [6.07, 6.45) is 2.53. The number of aryl methyl sites for hydroxylation is 3. The summed E-state index contributed by atoms with van der Waals surface area (Å²) in [5.41, 5.74) is 9.42. The van der Waals surface area contributed by atoms with Gasteiger partial charge >= 0.3 is 0 Å². The molecule has 0 aliphatic heterocycles. The molecule has 94 valence electrons. The van der Waals surface area contributed by atoms with Crippen molar-refractivity contribution < 1.29 is 0 Å². The van der Waals surface area contributed by atoms with Crippen LogP contribution in [0.4, 0.5) is 0 Å². The van der Waals surface area contributed by atoms with Gasteiger partial charge in [-0.15, -0.1) is 0 Å². The van der Waals surface area contributed by atoms with Crippen LogP contribution in [0.5, 0.6) is 0 Å². The van der Waals surface area contributed by atoms with E-state index in [1.54, 1.807) is 6.20 Å². The molecule has 0 spiro atoms. The highest BCUT2D eigenvalue weighted by Gasteiger charge is 2.10. The lowest BCUT2D eigenvalue weighted by molar-refractivity contribution is 0.894. The first-order valence-corrected chi connectivity index (χ1v) is 5.96. The first-order chi connectivity index (χ1) is 8.61. The highest BCUT2D eigenvalue weighted by molar-refractivity contribution is 5.49. The van der Waals surface area contributed by atoms with E-state index in [4.69, 9.17) is 5.73 Å². The van der Waals surface area contributed by atoms with Crippen molar-refractivity contribution in [2.24, 2.45) is 5.73 Å². The van der Waals surface area contributed by atoms with E-state index < -0.39 is 0 Å². The van der Waals surface area contributed by atoms with Gasteiger partial charge in [0.2, 0.25) is 0 Å². The summed E-state index contributed by atoms with van der Waals surface area (Å²) < 4.78 is 0. The molecule has 0 aromatic carbocycles. The first-order valence-electron chi connectivity index (χ1n) is 5.96. The van der Waals surface area contributed by atoms with Crippen LogP contribution < -0.4 is 5.73 Å². The zero-order valence-electron chi connectivity index (χ0n) is 10.9. The van der Waals surface area contributed by atoms with E-state index in [2.05, 4.69) is 19.9 Å². The minimum atomic E-state index is 0.608. The van der Waals surface area contributed by atoms with Gasteiger partial charge in [0, 0.05) is 17.6 Å². The standard InChI is InChI=1S/C13H17N5/c1-8-11(4-6-14)9(2)17-13(16-8)12-5-7-15-10(3)18-12/h5,7H,4,6,14H2,1-3H3. The molecular weight excluding hydrogens is 226 g/mol. The topological polar surface area (TPSA) is 77.6 Å². The van der Waals surface area contributed by atoms with Crippen LogP contribution in [0.2, 0.25) is 0 Å². The molecule has 0 bridgehead atoms. The summed E-state index contributed by atoms with van der Waals surface area (Å²) in [5.74, 6) is 1.37. The predicted molar refractivity (Wildman–Crippen MR) is 70.0 cm³/mol. The molecule has 0 amide bonds. The molecule has 2 N–H and O–H groups in total. The highest BCUT2D eigenvalue weighted by atomic mass is 15.0. The van der Waals surface area contributed by atoms with Gasteiger partial charge in [-0.25, -0.2) is 19.9 Å². The predicted octanol–water partition coefficient (Wildman–Crippen LogP) is 1.36. The van der Waals surface area contributed by atoms with E-state index >= 15 is 0 Å². The molecule has 0 saturated heterocycles. The van der Waals surface area contributed by atoms with Gasteiger partial charge < -0.3 is 5.73 Å². The van der Waals surface area contributed by atoms with Crippen LogP contribution in [0.25, 0.3) is 11.5 Å². The van der Waals surface area contributed by atoms with Gasteiger partial charge in [-0.05, 0) is 45.4 Å². The highest BCUT2D eigenvalue weighted by Crippen LogP contribution is 2.17. The maximum atomic E-state index is 5.59. The number of rotatable bonds is 3. The molecule has 2 aromatic heterocycles. The summed E-state index contributed by atoms with van der Waals surface area (Å²) in [7, 11) is 0. The Labute approximate surface area is 107 Å². The van der Waals surface area contributed by atoms with E-state index in [1.165, 1.54) is 0 Å². The fourth-order valence-corrected chi connectivity index (χ4v) is 1.94. The van der Waals surface area contributed by atoms with Crippen LogP contribution in [0.15, 0.2) is 12.3 Å². The lowest BCUT2D eigenvalue weighted by Gasteiger charge is -2.09. The van der Waals surface area contributed by atoms with Gasteiger partial charge in [0.05, 0.1) is 0 Å². The van der Waals surface area contributed by atoms with Crippen molar-refractivity contribution in [3.63, 3.8) is 0 Å². The fraction of sp³-hybridized carbons (Fsp3) is 0.385. The molecule has 2 rings (SSSR count). The Hall–Kier alpha value is -1.88. The quantitative estimate of drug-likeness (QED) is 0.880. The molecule has 2 aromatic rings. The normalized spacial score (nSPS) is 10.7. The maximum Gasteiger partial charge on any atom is 0.178 e. The Morgan fingerprint density at radius 1 is 1.06 bits per heavy atom. The largest absolute Gasteiger partial charge is 0.330 e. The molecule has 0 saturated carbocycles.